The van der Waals surface area contributed by atoms with Crippen LogP contribution in [0.1, 0.15) is 37.7 Å². The minimum atomic E-state index is 0.393. The first kappa shape index (κ1) is 15.6. The number of guanidine groups is 1. The topological polar surface area (TPSA) is 62.9 Å². The number of aliphatic imine (C=N–C) groups is 1. The summed E-state index contributed by atoms with van der Waals surface area (Å²) < 4.78 is 5.39. The summed E-state index contributed by atoms with van der Waals surface area (Å²) >= 11 is 0. The van der Waals surface area contributed by atoms with Gasteiger partial charge in [-0.3, -0.25) is 5.43 Å². The van der Waals surface area contributed by atoms with Crippen molar-refractivity contribution in [3.63, 3.8) is 0 Å². The van der Waals surface area contributed by atoms with Crippen molar-refractivity contribution < 1.29 is 4.74 Å². The van der Waals surface area contributed by atoms with E-state index < -0.39 is 0 Å². The molecule has 5 heteroatoms. The van der Waals surface area contributed by atoms with Crippen LogP contribution in [0.5, 0.6) is 5.75 Å². The molecule has 1 aromatic carbocycles. The predicted octanol–water partition coefficient (Wildman–Crippen LogP) is 2.28. The molecule has 0 saturated heterocycles. The first-order valence-corrected chi connectivity index (χ1v) is 7.62. The van der Waals surface area contributed by atoms with Crippen LogP contribution in [0.3, 0.4) is 0 Å². The van der Waals surface area contributed by atoms with Crippen molar-refractivity contribution in [1.82, 2.24) is 10.3 Å². The second-order valence-electron chi connectivity index (χ2n) is 5.56. The molecular formula is C16H26N4O. The van der Waals surface area contributed by atoms with Crippen LogP contribution in [0.4, 0.5) is 0 Å². The van der Waals surface area contributed by atoms with Crippen molar-refractivity contribution in [3.8, 4) is 5.75 Å². The Balaban J connectivity index is 2.05. The van der Waals surface area contributed by atoms with Gasteiger partial charge in [-0.2, -0.15) is 0 Å². The maximum Gasteiger partial charge on any atom is 0.208 e. The number of hydrazine groups is 1. The maximum absolute atomic E-state index is 5.66. The quantitative estimate of drug-likeness (QED) is 0.386. The number of methoxy groups -OCH3 is 1. The van der Waals surface area contributed by atoms with Crippen LogP contribution >= 0.6 is 0 Å². The van der Waals surface area contributed by atoms with E-state index in [0.29, 0.717) is 12.6 Å². The van der Waals surface area contributed by atoms with E-state index in [4.69, 9.17) is 15.6 Å². The van der Waals surface area contributed by atoms with Crippen LogP contribution in [0, 0.1) is 0 Å². The van der Waals surface area contributed by atoms with Gasteiger partial charge < -0.3 is 9.64 Å². The second-order valence-corrected chi connectivity index (χ2v) is 5.56. The van der Waals surface area contributed by atoms with E-state index in [2.05, 4.69) is 11.5 Å². The summed E-state index contributed by atoms with van der Waals surface area (Å²) in [5.74, 6) is 7.29. The molecule has 0 spiro atoms. The summed E-state index contributed by atoms with van der Waals surface area (Å²) in [6, 6.07) is 8.41. The number of rotatable bonds is 4. The van der Waals surface area contributed by atoms with E-state index in [1.165, 1.54) is 19.3 Å². The van der Waals surface area contributed by atoms with E-state index >= 15 is 0 Å². The maximum atomic E-state index is 5.66. The van der Waals surface area contributed by atoms with Gasteiger partial charge in [0, 0.05) is 19.2 Å². The Labute approximate surface area is 127 Å². The van der Waals surface area contributed by atoms with Crippen molar-refractivity contribution in [3.05, 3.63) is 29.8 Å². The molecule has 0 heterocycles. The third-order valence-electron chi connectivity index (χ3n) is 3.97. The molecule has 5 nitrogen and oxygen atoms in total. The van der Waals surface area contributed by atoms with Crippen molar-refractivity contribution in [2.45, 2.75) is 44.7 Å². The van der Waals surface area contributed by atoms with Crippen molar-refractivity contribution in [2.75, 3.05) is 14.2 Å². The number of nitrogens with zero attached hydrogens (tertiary/aromatic N) is 2. The predicted molar refractivity (Wildman–Crippen MR) is 86.1 cm³/mol. The highest BCUT2D eigenvalue weighted by Gasteiger charge is 2.15. The third kappa shape index (κ3) is 4.36. The lowest BCUT2D eigenvalue weighted by Crippen LogP contribution is -2.43. The number of para-hydroxylation sites is 1. The molecule has 0 amide bonds. The van der Waals surface area contributed by atoms with Crippen LogP contribution in [0.15, 0.2) is 29.3 Å². The Morgan fingerprint density at radius 2 is 2.05 bits per heavy atom. The Morgan fingerprint density at radius 3 is 2.71 bits per heavy atom. The first-order chi connectivity index (χ1) is 10.2. The standard InChI is InChI=1S/C16H26N4O/c1-20(12-13-8-6-7-11-15(13)21-2)16(19-17)18-14-9-4-3-5-10-14/h6-8,11,14H,3-5,9-10,12,17H2,1-2H3,(H,18,19). The largest absolute Gasteiger partial charge is 0.496 e. The van der Waals surface area contributed by atoms with E-state index in [1.807, 2.05) is 30.1 Å². The molecule has 0 bridgehead atoms. The average molecular weight is 290 g/mol. The SMILES string of the molecule is COc1ccccc1CN(C)C(=NC1CCCCC1)NN. The van der Waals surface area contributed by atoms with Gasteiger partial charge in [0.2, 0.25) is 5.96 Å². The summed E-state index contributed by atoms with van der Waals surface area (Å²) in [5.41, 5.74) is 3.86. The Bertz CT molecular complexity index is 469. The van der Waals surface area contributed by atoms with Crippen LogP contribution in [-0.4, -0.2) is 31.1 Å². The molecule has 2 rings (SSSR count). The lowest BCUT2D eigenvalue weighted by Gasteiger charge is -2.25. The van der Waals surface area contributed by atoms with Gasteiger partial charge >= 0.3 is 0 Å². The zero-order valence-electron chi connectivity index (χ0n) is 13.0. The zero-order valence-corrected chi connectivity index (χ0v) is 13.0. The average Bonchev–Trinajstić information content (AvgIpc) is 2.54. The number of hydrogen-bond donors (Lipinski definition) is 2. The third-order valence-corrected chi connectivity index (χ3v) is 3.97. The number of nitrogens with one attached hydrogen (secondary N) is 1. The van der Waals surface area contributed by atoms with Gasteiger partial charge in [-0.15, -0.1) is 0 Å². The summed E-state index contributed by atoms with van der Waals surface area (Å²) in [6.07, 6.45) is 6.18. The normalized spacial score (nSPS) is 16.6. The summed E-state index contributed by atoms with van der Waals surface area (Å²) in [4.78, 5) is 6.81. The molecule has 3 N–H and O–H groups in total. The highest BCUT2D eigenvalue weighted by atomic mass is 16.5. The molecule has 116 valence electrons. The summed E-state index contributed by atoms with van der Waals surface area (Å²) in [7, 11) is 3.69. The van der Waals surface area contributed by atoms with E-state index in [-0.39, 0.29) is 0 Å². The van der Waals surface area contributed by atoms with E-state index in [0.717, 1.165) is 30.1 Å². The van der Waals surface area contributed by atoms with Gasteiger partial charge in [0.25, 0.3) is 0 Å². The highest BCUT2D eigenvalue weighted by molar-refractivity contribution is 5.79. The van der Waals surface area contributed by atoms with Crippen LogP contribution in [-0.2, 0) is 6.54 Å². The molecule has 1 aliphatic carbocycles. The molecule has 0 aliphatic heterocycles. The lowest BCUT2D eigenvalue weighted by atomic mass is 9.96. The van der Waals surface area contributed by atoms with Crippen molar-refractivity contribution in [2.24, 2.45) is 10.8 Å². The molecular weight excluding hydrogens is 264 g/mol. The van der Waals surface area contributed by atoms with Crippen LogP contribution in [0.25, 0.3) is 0 Å². The van der Waals surface area contributed by atoms with Gasteiger partial charge in [-0.1, -0.05) is 37.5 Å². The smallest absolute Gasteiger partial charge is 0.208 e. The Kier molecular flexibility index (Phi) is 5.87. The summed E-state index contributed by atoms with van der Waals surface area (Å²) in [5, 5.41) is 0. The van der Waals surface area contributed by atoms with Crippen molar-refractivity contribution >= 4 is 5.96 Å². The highest BCUT2D eigenvalue weighted by Crippen LogP contribution is 2.21. The molecule has 1 saturated carbocycles. The monoisotopic (exact) mass is 290 g/mol. The van der Waals surface area contributed by atoms with Crippen LogP contribution in [0.2, 0.25) is 0 Å². The number of benzene rings is 1. The molecule has 21 heavy (non-hydrogen) atoms. The first-order valence-electron chi connectivity index (χ1n) is 7.62. The fourth-order valence-electron chi connectivity index (χ4n) is 2.79. The fourth-order valence-corrected chi connectivity index (χ4v) is 2.79. The molecule has 1 aliphatic rings. The molecule has 0 unspecified atom stereocenters. The number of ether oxygens (including phenoxy) is 1. The minimum Gasteiger partial charge on any atom is -0.496 e. The van der Waals surface area contributed by atoms with E-state index in [1.54, 1.807) is 7.11 Å². The van der Waals surface area contributed by atoms with Gasteiger partial charge in [0.15, 0.2) is 0 Å². The molecule has 0 aromatic heterocycles. The van der Waals surface area contributed by atoms with Gasteiger partial charge in [-0.25, -0.2) is 10.8 Å². The van der Waals surface area contributed by atoms with Crippen LogP contribution < -0.4 is 16.0 Å². The van der Waals surface area contributed by atoms with Gasteiger partial charge in [0.05, 0.1) is 13.2 Å². The number of nitrogens with two attached hydrogens (primary N) is 1. The molecule has 0 atom stereocenters. The van der Waals surface area contributed by atoms with Crippen molar-refractivity contribution in [1.29, 1.82) is 0 Å². The Hall–Kier alpha value is -1.75. The summed E-state index contributed by atoms with van der Waals surface area (Å²) in [6.45, 7) is 0.708. The molecule has 1 aromatic rings. The molecule has 1 fully saturated rings. The second kappa shape index (κ2) is 7.88. The lowest BCUT2D eigenvalue weighted by molar-refractivity contribution is 0.392. The van der Waals surface area contributed by atoms with Gasteiger partial charge in [0.1, 0.15) is 5.75 Å². The fraction of sp³-hybridized carbons (Fsp3) is 0.562. The van der Waals surface area contributed by atoms with E-state index in [9.17, 15) is 0 Å². The van der Waals surface area contributed by atoms with Gasteiger partial charge in [-0.05, 0) is 18.9 Å². The number of hydrogen-bond acceptors (Lipinski definition) is 3. The Morgan fingerprint density at radius 1 is 1.33 bits per heavy atom. The minimum absolute atomic E-state index is 0.393. The zero-order chi connectivity index (χ0) is 15.1. The molecule has 0 radical (unpaired) electrons.